The minimum Gasteiger partial charge on any atom is -0.463 e. The molecule has 1 aromatic carbocycles. The molecule has 0 unspecified atom stereocenters. The molecule has 1 aromatic heterocycles. The average molecular weight is 260 g/mol. The second-order valence-corrected chi connectivity index (χ2v) is 3.49. The first-order chi connectivity index (χ1) is 8.90. The fourth-order valence-corrected chi connectivity index (χ4v) is 1.49. The maximum atomic E-state index is 9.69. The topological polar surface area (TPSA) is 98.6 Å². The van der Waals surface area contributed by atoms with E-state index in [2.05, 4.69) is 27.4 Å². The normalized spacial score (nSPS) is 12.3. The fourth-order valence-electron chi connectivity index (χ4n) is 1.49. The maximum absolute atomic E-state index is 9.69. The molecule has 0 aliphatic carbocycles. The van der Waals surface area contributed by atoms with Gasteiger partial charge in [-0.25, -0.2) is 4.99 Å². The van der Waals surface area contributed by atoms with Crippen LogP contribution in [0.25, 0.3) is 10.9 Å². The Morgan fingerprint density at radius 2 is 2.00 bits per heavy atom. The number of amidine groups is 1. The summed E-state index contributed by atoms with van der Waals surface area (Å²) in [5.74, 6) is 0. The highest BCUT2D eigenvalue weighted by molar-refractivity contribution is 5.84. The van der Waals surface area contributed by atoms with Crippen molar-refractivity contribution in [3.8, 4) is 0 Å². The summed E-state index contributed by atoms with van der Waals surface area (Å²) in [6, 6.07) is 12.4. The molecule has 1 aliphatic rings. The van der Waals surface area contributed by atoms with Gasteiger partial charge in [0.15, 0.2) is 0 Å². The van der Waals surface area contributed by atoms with Gasteiger partial charge in [-0.3, -0.25) is 15.1 Å². The minimum absolute atomic E-state index is 0. The summed E-state index contributed by atoms with van der Waals surface area (Å²) >= 11 is 0. The molecule has 0 spiro atoms. The summed E-state index contributed by atoms with van der Waals surface area (Å²) in [6.45, 7) is 1.23. The second-order valence-electron chi connectivity index (χ2n) is 3.49. The molecule has 0 radical (unpaired) electrons. The highest BCUT2D eigenvalue weighted by atomic mass is 16.5. The first kappa shape index (κ1) is 14.6. The summed E-state index contributed by atoms with van der Waals surface area (Å²) in [7, 11) is 0. The molecule has 2 aromatic rings. The number of ether oxygens (including phenoxy) is 1. The molecular weight excluding hydrogens is 244 g/mol. The Kier molecular flexibility index (Phi) is 5.97. The third-order valence-electron chi connectivity index (χ3n) is 2.28. The van der Waals surface area contributed by atoms with Gasteiger partial charge in [-0.15, -0.1) is 0 Å². The third kappa shape index (κ3) is 4.36. The quantitative estimate of drug-likeness (QED) is 0.759. The van der Waals surface area contributed by atoms with Crippen molar-refractivity contribution < 1.29 is 9.53 Å². The summed E-state index contributed by atoms with van der Waals surface area (Å²) < 4.78 is 4.80. The van der Waals surface area contributed by atoms with E-state index in [0.29, 0.717) is 25.6 Å². The van der Waals surface area contributed by atoms with Crippen molar-refractivity contribution in [1.29, 1.82) is 0 Å². The number of carbonyl (C=O) groups is 1. The van der Waals surface area contributed by atoms with Gasteiger partial charge in [0.1, 0.15) is 6.61 Å². The van der Waals surface area contributed by atoms with Gasteiger partial charge in [-0.05, 0) is 12.1 Å². The minimum atomic E-state index is 0. The van der Waals surface area contributed by atoms with E-state index in [9.17, 15) is 4.79 Å². The average Bonchev–Trinajstić information content (AvgIpc) is 2.93. The van der Waals surface area contributed by atoms with E-state index in [1.54, 1.807) is 0 Å². The van der Waals surface area contributed by atoms with Crippen molar-refractivity contribution in [3.05, 3.63) is 42.6 Å². The van der Waals surface area contributed by atoms with E-state index in [4.69, 9.17) is 4.74 Å². The number of hydrogen-bond donors (Lipinski definition) is 2. The molecule has 0 saturated carbocycles. The van der Waals surface area contributed by atoms with Crippen molar-refractivity contribution in [2.24, 2.45) is 4.99 Å². The van der Waals surface area contributed by atoms with Crippen molar-refractivity contribution >= 4 is 23.3 Å². The molecule has 4 N–H and O–H groups in total. The van der Waals surface area contributed by atoms with Crippen molar-refractivity contribution in [3.63, 3.8) is 0 Å². The van der Waals surface area contributed by atoms with Gasteiger partial charge in [-0.2, -0.15) is 0 Å². The van der Waals surface area contributed by atoms with Gasteiger partial charge < -0.3 is 10.9 Å². The number of aromatic nitrogens is 1. The van der Waals surface area contributed by atoms with Gasteiger partial charge in [0.25, 0.3) is 6.02 Å². The Hall–Kier alpha value is -2.47. The number of amides is 1. The van der Waals surface area contributed by atoms with Crippen LogP contribution in [0.2, 0.25) is 0 Å². The Morgan fingerprint density at radius 3 is 2.68 bits per heavy atom. The summed E-state index contributed by atoms with van der Waals surface area (Å²) in [6.07, 6.45) is 2.35. The second kappa shape index (κ2) is 7.78. The van der Waals surface area contributed by atoms with Crippen LogP contribution in [-0.2, 0) is 9.53 Å². The molecule has 1 aliphatic heterocycles. The first-order valence-electron chi connectivity index (χ1n) is 5.57. The monoisotopic (exact) mass is 260 g/mol. The SMILES string of the molecule is N.O=CNC1=NCCO1.c1ccc2ncccc2c1. The number of rotatable bonds is 1. The highest BCUT2D eigenvalue weighted by Gasteiger charge is 2.03. The number of pyridine rings is 1. The lowest BCUT2D eigenvalue weighted by molar-refractivity contribution is -0.108. The van der Waals surface area contributed by atoms with Crippen LogP contribution in [0.1, 0.15) is 0 Å². The molecule has 6 nitrogen and oxygen atoms in total. The first-order valence-corrected chi connectivity index (χ1v) is 5.57. The fraction of sp³-hybridized carbons (Fsp3) is 0.154. The van der Waals surface area contributed by atoms with Crippen LogP contribution in [0.15, 0.2) is 47.6 Å². The number of para-hydroxylation sites is 1. The lowest BCUT2D eigenvalue weighted by Crippen LogP contribution is -2.21. The zero-order valence-corrected chi connectivity index (χ0v) is 10.5. The Labute approximate surface area is 111 Å². The highest BCUT2D eigenvalue weighted by Crippen LogP contribution is 2.07. The van der Waals surface area contributed by atoms with Crippen LogP contribution in [0.5, 0.6) is 0 Å². The molecule has 0 saturated heterocycles. The Balaban J connectivity index is 0.000000185. The third-order valence-corrected chi connectivity index (χ3v) is 2.28. The smallest absolute Gasteiger partial charge is 0.291 e. The molecule has 2 heterocycles. The van der Waals surface area contributed by atoms with Crippen molar-refractivity contribution in [2.75, 3.05) is 13.2 Å². The van der Waals surface area contributed by atoms with Crippen LogP contribution < -0.4 is 11.5 Å². The molecule has 0 bridgehead atoms. The van der Waals surface area contributed by atoms with Crippen LogP contribution in [0.3, 0.4) is 0 Å². The van der Waals surface area contributed by atoms with Gasteiger partial charge in [0.2, 0.25) is 6.41 Å². The van der Waals surface area contributed by atoms with Gasteiger partial charge in [-0.1, -0.05) is 24.3 Å². The van der Waals surface area contributed by atoms with Crippen molar-refractivity contribution in [2.45, 2.75) is 0 Å². The zero-order valence-electron chi connectivity index (χ0n) is 10.5. The van der Waals surface area contributed by atoms with Crippen LogP contribution in [0.4, 0.5) is 0 Å². The standard InChI is InChI=1S/C9H7N.C4H6N2O2.H3N/c1-2-6-9-8(4-1)5-3-7-10-9;7-3-6-4-5-1-2-8-4;/h1-7H;3H,1-2H2,(H,5,6,7);1H3. The summed E-state index contributed by atoms with van der Waals surface area (Å²) in [5.41, 5.74) is 1.06. The molecule has 3 rings (SSSR count). The van der Waals surface area contributed by atoms with Crippen molar-refractivity contribution in [1.82, 2.24) is 16.5 Å². The number of aliphatic imine (C=N–C) groups is 1. The number of carbonyl (C=O) groups excluding carboxylic acids is 1. The zero-order chi connectivity index (χ0) is 12.6. The van der Waals surface area contributed by atoms with E-state index in [1.165, 1.54) is 5.39 Å². The number of fused-ring (bicyclic) bond motifs is 1. The van der Waals surface area contributed by atoms with Crippen LogP contribution in [-0.4, -0.2) is 30.6 Å². The Morgan fingerprint density at radius 1 is 1.21 bits per heavy atom. The number of nitrogens with one attached hydrogen (secondary N) is 1. The predicted molar refractivity (Wildman–Crippen MR) is 74.2 cm³/mol. The number of benzene rings is 1. The van der Waals surface area contributed by atoms with E-state index in [1.807, 2.05) is 30.5 Å². The summed E-state index contributed by atoms with van der Waals surface area (Å²) in [5, 5.41) is 3.49. The Bertz CT molecular complexity index is 492. The van der Waals surface area contributed by atoms with E-state index in [0.717, 1.165) is 5.52 Å². The summed E-state index contributed by atoms with van der Waals surface area (Å²) in [4.78, 5) is 17.6. The molecule has 0 fully saturated rings. The van der Waals surface area contributed by atoms with Gasteiger partial charge in [0, 0.05) is 11.6 Å². The molecule has 19 heavy (non-hydrogen) atoms. The van der Waals surface area contributed by atoms with E-state index < -0.39 is 0 Å². The molecular formula is C13H16N4O2. The molecule has 100 valence electrons. The van der Waals surface area contributed by atoms with Crippen LogP contribution in [0, 0.1) is 0 Å². The maximum Gasteiger partial charge on any atom is 0.291 e. The molecule has 6 heteroatoms. The lowest BCUT2D eigenvalue weighted by atomic mass is 10.2. The van der Waals surface area contributed by atoms with Gasteiger partial charge >= 0.3 is 0 Å². The lowest BCUT2D eigenvalue weighted by Gasteiger charge is -1.93. The van der Waals surface area contributed by atoms with E-state index >= 15 is 0 Å². The van der Waals surface area contributed by atoms with Gasteiger partial charge in [0.05, 0.1) is 12.1 Å². The number of nitrogens with zero attached hydrogens (tertiary/aromatic N) is 2. The predicted octanol–water partition coefficient (Wildman–Crippen LogP) is 1.52. The largest absolute Gasteiger partial charge is 0.463 e. The molecule has 0 atom stereocenters. The van der Waals surface area contributed by atoms with E-state index in [-0.39, 0.29) is 6.15 Å². The number of hydrogen-bond acceptors (Lipinski definition) is 5. The van der Waals surface area contributed by atoms with Crippen LogP contribution >= 0.6 is 0 Å². The molecule has 1 amide bonds.